The number of benzene rings is 1. The molecule has 2 heterocycles. The summed E-state index contributed by atoms with van der Waals surface area (Å²) >= 11 is 0. The molecule has 3 unspecified atom stereocenters. The highest BCUT2D eigenvalue weighted by molar-refractivity contribution is 5.85. The smallest absolute Gasteiger partial charge is 0.227 e. The Balaban J connectivity index is 0.00000176. The zero-order valence-electron chi connectivity index (χ0n) is 13.3. The molecule has 3 rings (SSSR count). The molecule has 2 saturated heterocycles. The van der Waals surface area contributed by atoms with Gasteiger partial charge in [0, 0.05) is 25.0 Å². The van der Waals surface area contributed by atoms with Crippen molar-refractivity contribution in [3.05, 3.63) is 35.9 Å². The average Bonchev–Trinajstić information content (AvgIpc) is 3.20. The van der Waals surface area contributed by atoms with E-state index in [1.165, 1.54) is 5.56 Å². The molecule has 1 aromatic rings. The van der Waals surface area contributed by atoms with Crippen LogP contribution in [0.25, 0.3) is 0 Å². The van der Waals surface area contributed by atoms with Gasteiger partial charge in [-0.15, -0.1) is 12.4 Å². The fourth-order valence-electron chi connectivity index (χ4n) is 4.01. The van der Waals surface area contributed by atoms with Crippen molar-refractivity contribution in [3.8, 4) is 0 Å². The van der Waals surface area contributed by atoms with Crippen molar-refractivity contribution in [3.63, 3.8) is 0 Å². The van der Waals surface area contributed by atoms with E-state index in [4.69, 9.17) is 0 Å². The van der Waals surface area contributed by atoms with Crippen LogP contribution in [0.3, 0.4) is 0 Å². The Morgan fingerprint density at radius 1 is 1.32 bits per heavy atom. The first kappa shape index (κ1) is 17.3. The molecule has 0 saturated carbocycles. The topological polar surface area (TPSA) is 32.3 Å². The second-order valence-electron chi connectivity index (χ2n) is 6.36. The van der Waals surface area contributed by atoms with Gasteiger partial charge in [-0.3, -0.25) is 4.79 Å². The Hall–Kier alpha value is -1.06. The highest BCUT2D eigenvalue weighted by Crippen LogP contribution is 2.34. The highest BCUT2D eigenvalue weighted by Gasteiger charge is 2.37. The minimum Gasteiger partial charge on any atom is -0.339 e. The molecule has 0 radical (unpaired) electrons. The van der Waals surface area contributed by atoms with Gasteiger partial charge in [0.1, 0.15) is 0 Å². The molecule has 4 heteroatoms. The maximum atomic E-state index is 12.8. The summed E-state index contributed by atoms with van der Waals surface area (Å²) in [4.78, 5) is 15.0. The number of hydrogen-bond acceptors (Lipinski definition) is 2. The molecule has 2 aliphatic rings. The minimum atomic E-state index is 0. The summed E-state index contributed by atoms with van der Waals surface area (Å²) in [5.74, 6) is 1.07. The van der Waals surface area contributed by atoms with Crippen molar-refractivity contribution in [1.82, 2.24) is 10.2 Å². The van der Waals surface area contributed by atoms with Crippen LogP contribution in [0, 0.1) is 5.92 Å². The third-order valence-electron chi connectivity index (χ3n) is 5.12. The summed E-state index contributed by atoms with van der Waals surface area (Å²) in [6.07, 6.45) is 4.41. The van der Waals surface area contributed by atoms with E-state index in [1.807, 2.05) is 0 Å². The van der Waals surface area contributed by atoms with Crippen molar-refractivity contribution in [2.24, 2.45) is 5.92 Å². The van der Waals surface area contributed by atoms with Crippen LogP contribution in [-0.4, -0.2) is 36.5 Å². The lowest BCUT2D eigenvalue weighted by Crippen LogP contribution is -2.43. The van der Waals surface area contributed by atoms with E-state index < -0.39 is 0 Å². The van der Waals surface area contributed by atoms with Gasteiger partial charge in [0.15, 0.2) is 0 Å². The number of halogens is 1. The molecule has 0 bridgehead atoms. The molecule has 1 amide bonds. The van der Waals surface area contributed by atoms with Crippen molar-refractivity contribution >= 4 is 18.3 Å². The second-order valence-corrected chi connectivity index (χ2v) is 6.36. The molecule has 3 atom stereocenters. The number of likely N-dealkylation sites (tertiary alicyclic amines) is 1. The van der Waals surface area contributed by atoms with Crippen molar-refractivity contribution in [2.45, 2.75) is 44.6 Å². The fraction of sp³-hybridized carbons (Fsp3) is 0.611. The van der Waals surface area contributed by atoms with Gasteiger partial charge in [-0.25, -0.2) is 0 Å². The van der Waals surface area contributed by atoms with Crippen LogP contribution in [0.4, 0.5) is 0 Å². The van der Waals surface area contributed by atoms with Crippen LogP contribution in [0.15, 0.2) is 30.3 Å². The van der Waals surface area contributed by atoms with Gasteiger partial charge >= 0.3 is 0 Å². The maximum Gasteiger partial charge on any atom is 0.227 e. The largest absolute Gasteiger partial charge is 0.339 e. The number of carbonyl (C=O) groups excluding carboxylic acids is 1. The van der Waals surface area contributed by atoms with Gasteiger partial charge in [0.05, 0.1) is 5.92 Å². The standard InChI is InChI=1S/C18H26N2O.ClH/c1-2-16(14-7-4-3-5-8-14)17-9-6-12-20(17)18(21)15-10-11-19-13-15;/h3-5,7-8,15-17,19H,2,6,9-13H2,1H3;1H. The summed E-state index contributed by atoms with van der Waals surface area (Å²) in [5, 5.41) is 3.32. The van der Waals surface area contributed by atoms with Gasteiger partial charge in [-0.1, -0.05) is 37.3 Å². The van der Waals surface area contributed by atoms with Gasteiger partial charge in [0.2, 0.25) is 5.91 Å². The summed E-state index contributed by atoms with van der Waals surface area (Å²) in [7, 11) is 0. The third-order valence-corrected chi connectivity index (χ3v) is 5.12. The summed E-state index contributed by atoms with van der Waals surface area (Å²) in [6.45, 7) is 5.05. The van der Waals surface area contributed by atoms with E-state index in [0.717, 1.165) is 45.3 Å². The van der Waals surface area contributed by atoms with Gasteiger partial charge in [0.25, 0.3) is 0 Å². The predicted octanol–water partition coefficient (Wildman–Crippen LogP) is 3.20. The van der Waals surface area contributed by atoms with Crippen LogP contribution in [0.1, 0.15) is 44.1 Å². The number of nitrogens with one attached hydrogen (secondary N) is 1. The Bertz CT molecular complexity index is 473. The van der Waals surface area contributed by atoms with Gasteiger partial charge in [-0.05, 0) is 37.8 Å². The Labute approximate surface area is 139 Å². The quantitative estimate of drug-likeness (QED) is 0.923. The van der Waals surface area contributed by atoms with E-state index in [9.17, 15) is 4.79 Å². The Kier molecular flexibility index (Phi) is 6.27. The van der Waals surface area contributed by atoms with E-state index in [1.54, 1.807) is 0 Å². The average molecular weight is 323 g/mol. The zero-order chi connectivity index (χ0) is 14.7. The minimum absolute atomic E-state index is 0. The van der Waals surface area contributed by atoms with E-state index in [0.29, 0.717) is 17.9 Å². The number of carbonyl (C=O) groups is 1. The van der Waals surface area contributed by atoms with Crippen LogP contribution in [0.2, 0.25) is 0 Å². The molecule has 2 fully saturated rings. The summed E-state index contributed by atoms with van der Waals surface area (Å²) < 4.78 is 0. The number of rotatable bonds is 4. The molecular formula is C18H27ClN2O. The molecule has 0 spiro atoms. The van der Waals surface area contributed by atoms with Crippen molar-refractivity contribution < 1.29 is 4.79 Å². The fourth-order valence-corrected chi connectivity index (χ4v) is 4.01. The molecule has 1 N–H and O–H groups in total. The summed E-state index contributed by atoms with van der Waals surface area (Å²) in [6, 6.07) is 11.1. The summed E-state index contributed by atoms with van der Waals surface area (Å²) in [5.41, 5.74) is 1.38. The Morgan fingerprint density at radius 3 is 2.73 bits per heavy atom. The zero-order valence-corrected chi connectivity index (χ0v) is 14.1. The van der Waals surface area contributed by atoms with Gasteiger partial charge < -0.3 is 10.2 Å². The van der Waals surface area contributed by atoms with Crippen LogP contribution >= 0.6 is 12.4 Å². The third kappa shape index (κ3) is 3.47. The molecule has 22 heavy (non-hydrogen) atoms. The van der Waals surface area contributed by atoms with Gasteiger partial charge in [-0.2, -0.15) is 0 Å². The first-order chi connectivity index (χ1) is 10.3. The molecule has 122 valence electrons. The van der Waals surface area contributed by atoms with E-state index in [-0.39, 0.29) is 18.3 Å². The first-order valence-corrected chi connectivity index (χ1v) is 8.37. The SMILES string of the molecule is CCC(c1ccccc1)C1CCCN1C(=O)C1CCNC1.Cl. The normalized spacial score (nSPS) is 25.8. The van der Waals surface area contributed by atoms with Crippen molar-refractivity contribution in [2.75, 3.05) is 19.6 Å². The Morgan fingerprint density at radius 2 is 2.09 bits per heavy atom. The monoisotopic (exact) mass is 322 g/mol. The number of amides is 1. The molecule has 1 aromatic carbocycles. The van der Waals surface area contributed by atoms with Crippen LogP contribution in [0.5, 0.6) is 0 Å². The van der Waals surface area contributed by atoms with E-state index in [2.05, 4.69) is 47.5 Å². The lowest BCUT2D eigenvalue weighted by molar-refractivity contribution is -0.136. The highest BCUT2D eigenvalue weighted by atomic mass is 35.5. The van der Waals surface area contributed by atoms with Crippen LogP contribution in [-0.2, 0) is 4.79 Å². The van der Waals surface area contributed by atoms with E-state index >= 15 is 0 Å². The first-order valence-electron chi connectivity index (χ1n) is 8.37. The molecule has 2 aliphatic heterocycles. The van der Waals surface area contributed by atoms with Crippen molar-refractivity contribution in [1.29, 1.82) is 0 Å². The molecule has 3 nitrogen and oxygen atoms in total. The molecule has 0 aliphatic carbocycles. The second kappa shape index (κ2) is 7.98. The lowest BCUT2D eigenvalue weighted by Gasteiger charge is -2.33. The molecular weight excluding hydrogens is 296 g/mol. The number of nitrogens with zero attached hydrogens (tertiary/aromatic N) is 1. The number of hydrogen-bond donors (Lipinski definition) is 1. The lowest BCUT2D eigenvalue weighted by atomic mass is 9.87. The molecule has 0 aromatic heterocycles. The predicted molar refractivity (Wildman–Crippen MR) is 92.4 cm³/mol. The van der Waals surface area contributed by atoms with Crippen LogP contribution < -0.4 is 5.32 Å². The maximum absolute atomic E-state index is 12.8.